The topological polar surface area (TPSA) is 24.9 Å². The number of aryl methyl sites for hydroxylation is 1. The fourth-order valence-electron chi connectivity index (χ4n) is 2.31. The lowest BCUT2D eigenvalue weighted by Gasteiger charge is -2.16. The highest BCUT2D eigenvalue weighted by molar-refractivity contribution is 9.10. The van der Waals surface area contributed by atoms with Crippen molar-refractivity contribution in [3.63, 3.8) is 0 Å². The monoisotopic (exact) mass is 352 g/mol. The second-order valence-corrected chi connectivity index (χ2v) is 6.95. The molecule has 1 heterocycles. The Kier molecular flexibility index (Phi) is 6.20. The lowest BCUT2D eigenvalue weighted by molar-refractivity contribution is 0.477. The minimum atomic E-state index is 0.592. The average Bonchev–Trinajstić information content (AvgIpc) is 2.81. The lowest BCUT2D eigenvalue weighted by atomic mass is 9.96. The van der Waals surface area contributed by atoms with Crippen molar-refractivity contribution in [2.24, 2.45) is 5.92 Å². The third-order valence-electron chi connectivity index (χ3n) is 3.23. The molecule has 0 radical (unpaired) electrons. The number of nitrogens with zero attached hydrogens (tertiary/aromatic N) is 1. The van der Waals surface area contributed by atoms with E-state index in [1.807, 2.05) is 0 Å². The van der Waals surface area contributed by atoms with Gasteiger partial charge in [-0.2, -0.15) is 0 Å². The Morgan fingerprint density at radius 3 is 2.85 bits per heavy atom. The Balaban J connectivity index is 2.02. The fraction of sp³-hybridized carbons (Fsp3) is 0.438. The number of hydrogen-bond acceptors (Lipinski definition) is 3. The van der Waals surface area contributed by atoms with E-state index in [9.17, 15) is 0 Å². The van der Waals surface area contributed by atoms with Crippen LogP contribution in [0, 0.1) is 12.8 Å². The van der Waals surface area contributed by atoms with Crippen LogP contribution < -0.4 is 5.32 Å². The fourth-order valence-corrected chi connectivity index (χ4v) is 3.64. The second kappa shape index (κ2) is 7.91. The van der Waals surface area contributed by atoms with Crippen molar-refractivity contribution >= 4 is 27.3 Å². The molecule has 0 saturated heterocycles. The zero-order valence-corrected chi connectivity index (χ0v) is 14.4. The molecule has 0 aliphatic rings. The van der Waals surface area contributed by atoms with E-state index in [1.165, 1.54) is 10.6 Å². The summed E-state index contributed by atoms with van der Waals surface area (Å²) in [6, 6.07) is 8.60. The van der Waals surface area contributed by atoms with Crippen molar-refractivity contribution < 1.29 is 0 Å². The van der Waals surface area contributed by atoms with Crippen LogP contribution in [0.5, 0.6) is 0 Å². The van der Waals surface area contributed by atoms with Crippen molar-refractivity contribution in [1.29, 1.82) is 0 Å². The Hall–Kier alpha value is -0.710. The zero-order valence-electron chi connectivity index (χ0n) is 12.0. The Bertz CT molecular complexity index is 539. The summed E-state index contributed by atoms with van der Waals surface area (Å²) in [6.45, 7) is 6.28. The van der Waals surface area contributed by atoms with E-state index in [-0.39, 0.29) is 0 Å². The van der Waals surface area contributed by atoms with E-state index in [0.29, 0.717) is 5.92 Å². The van der Waals surface area contributed by atoms with Gasteiger partial charge in [-0.15, -0.1) is 11.3 Å². The molecule has 2 aromatic rings. The first-order valence-corrected chi connectivity index (χ1v) is 8.70. The highest BCUT2D eigenvalue weighted by Gasteiger charge is 2.13. The van der Waals surface area contributed by atoms with Crippen LogP contribution in [-0.2, 0) is 12.8 Å². The summed E-state index contributed by atoms with van der Waals surface area (Å²) in [6.07, 6.45) is 2.14. The number of rotatable bonds is 7. The van der Waals surface area contributed by atoms with Crippen molar-refractivity contribution in [3.8, 4) is 0 Å². The standard InChI is InChI=1S/C16H21BrN2S/c1-3-18-10-14(9-16-19-12(2)11-20-16)7-13-5-4-6-15(17)8-13/h4-6,8,11,14,18H,3,7,9-10H2,1-2H3. The maximum Gasteiger partial charge on any atom is 0.0931 e. The van der Waals surface area contributed by atoms with E-state index in [1.54, 1.807) is 11.3 Å². The van der Waals surface area contributed by atoms with Gasteiger partial charge in [-0.25, -0.2) is 4.98 Å². The highest BCUT2D eigenvalue weighted by Crippen LogP contribution is 2.19. The summed E-state index contributed by atoms with van der Waals surface area (Å²) in [5.41, 5.74) is 2.52. The third kappa shape index (κ3) is 5.00. The molecule has 0 aliphatic carbocycles. The average molecular weight is 353 g/mol. The van der Waals surface area contributed by atoms with Gasteiger partial charge in [-0.3, -0.25) is 0 Å². The number of thiazole rings is 1. The number of halogens is 1. The SMILES string of the molecule is CCNCC(Cc1cccc(Br)c1)Cc1nc(C)cs1. The molecule has 1 unspecified atom stereocenters. The summed E-state index contributed by atoms with van der Waals surface area (Å²) in [7, 11) is 0. The van der Waals surface area contributed by atoms with Crippen molar-refractivity contribution in [2.75, 3.05) is 13.1 Å². The van der Waals surface area contributed by atoms with Crippen molar-refractivity contribution in [1.82, 2.24) is 10.3 Å². The first-order chi connectivity index (χ1) is 9.67. The largest absolute Gasteiger partial charge is 0.317 e. The molecule has 1 aromatic carbocycles. The molecular weight excluding hydrogens is 332 g/mol. The maximum atomic E-state index is 4.60. The van der Waals surface area contributed by atoms with E-state index >= 15 is 0 Å². The van der Waals surface area contributed by atoms with Gasteiger partial charge in [0, 0.05) is 22.0 Å². The molecule has 20 heavy (non-hydrogen) atoms. The number of hydrogen-bond donors (Lipinski definition) is 1. The van der Waals surface area contributed by atoms with Crippen LogP contribution in [0.25, 0.3) is 0 Å². The van der Waals surface area contributed by atoms with Gasteiger partial charge in [0.05, 0.1) is 5.01 Å². The molecule has 0 bridgehead atoms. The van der Waals surface area contributed by atoms with Crippen LogP contribution >= 0.6 is 27.3 Å². The Labute approximate surface area is 133 Å². The molecule has 108 valence electrons. The van der Waals surface area contributed by atoms with Crippen LogP contribution in [0.4, 0.5) is 0 Å². The van der Waals surface area contributed by atoms with Crippen LogP contribution in [0.2, 0.25) is 0 Å². The first-order valence-electron chi connectivity index (χ1n) is 7.03. The van der Waals surface area contributed by atoms with E-state index in [0.717, 1.165) is 36.1 Å². The van der Waals surface area contributed by atoms with Crippen molar-refractivity contribution in [2.45, 2.75) is 26.7 Å². The van der Waals surface area contributed by atoms with Gasteiger partial charge in [0.1, 0.15) is 0 Å². The molecule has 1 atom stereocenters. The van der Waals surface area contributed by atoms with Crippen LogP contribution in [-0.4, -0.2) is 18.1 Å². The number of nitrogens with one attached hydrogen (secondary N) is 1. The summed E-state index contributed by atoms with van der Waals surface area (Å²) >= 11 is 5.33. The van der Waals surface area contributed by atoms with Crippen LogP contribution in [0.1, 0.15) is 23.2 Å². The van der Waals surface area contributed by atoms with Gasteiger partial charge in [0.15, 0.2) is 0 Å². The Morgan fingerprint density at radius 1 is 1.35 bits per heavy atom. The lowest BCUT2D eigenvalue weighted by Crippen LogP contribution is -2.25. The Morgan fingerprint density at radius 2 is 2.20 bits per heavy atom. The molecule has 0 saturated carbocycles. The highest BCUT2D eigenvalue weighted by atomic mass is 79.9. The van der Waals surface area contributed by atoms with Gasteiger partial charge in [0.2, 0.25) is 0 Å². The normalized spacial score (nSPS) is 12.6. The second-order valence-electron chi connectivity index (χ2n) is 5.09. The molecule has 1 N–H and O–H groups in total. The summed E-state index contributed by atoms with van der Waals surface area (Å²) in [5.74, 6) is 0.592. The summed E-state index contributed by atoms with van der Waals surface area (Å²) in [5, 5.41) is 6.86. The maximum absolute atomic E-state index is 4.60. The predicted octanol–water partition coefficient (Wildman–Crippen LogP) is 4.22. The molecule has 2 nitrogen and oxygen atoms in total. The number of benzene rings is 1. The van der Waals surface area contributed by atoms with E-state index in [2.05, 4.69) is 69.7 Å². The molecule has 0 fully saturated rings. The zero-order chi connectivity index (χ0) is 14.4. The molecule has 0 aliphatic heterocycles. The first kappa shape index (κ1) is 15.7. The molecule has 0 amide bonds. The number of aromatic nitrogens is 1. The van der Waals surface area contributed by atoms with Gasteiger partial charge < -0.3 is 5.32 Å². The summed E-state index contributed by atoms with van der Waals surface area (Å²) in [4.78, 5) is 4.60. The van der Waals surface area contributed by atoms with Gasteiger partial charge in [0.25, 0.3) is 0 Å². The van der Waals surface area contributed by atoms with Crippen molar-refractivity contribution in [3.05, 3.63) is 50.4 Å². The minimum Gasteiger partial charge on any atom is -0.317 e. The third-order valence-corrected chi connectivity index (χ3v) is 4.71. The summed E-state index contributed by atoms with van der Waals surface area (Å²) < 4.78 is 1.15. The van der Waals surface area contributed by atoms with E-state index < -0.39 is 0 Å². The van der Waals surface area contributed by atoms with E-state index in [4.69, 9.17) is 0 Å². The van der Waals surface area contributed by atoms with Gasteiger partial charge in [-0.1, -0.05) is 35.0 Å². The minimum absolute atomic E-state index is 0.592. The smallest absolute Gasteiger partial charge is 0.0931 e. The quantitative estimate of drug-likeness (QED) is 0.806. The van der Waals surface area contributed by atoms with Crippen LogP contribution in [0.15, 0.2) is 34.1 Å². The van der Waals surface area contributed by atoms with Gasteiger partial charge >= 0.3 is 0 Å². The molecular formula is C16H21BrN2S. The molecule has 0 spiro atoms. The van der Waals surface area contributed by atoms with Gasteiger partial charge in [-0.05, 0) is 50.0 Å². The molecule has 1 aromatic heterocycles. The molecule has 4 heteroatoms. The van der Waals surface area contributed by atoms with Crippen LogP contribution in [0.3, 0.4) is 0 Å². The predicted molar refractivity (Wildman–Crippen MR) is 90.4 cm³/mol. The molecule has 2 rings (SSSR count).